The van der Waals surface area contributed by atoms with Crippen LogP contribution in [-0.4, -0.2) is 35.9 Å². The molecule has 19 heavy (non-hydrogen) atoms. The van der Waals surface area contributed by atoms with Gasteiger partial charge in [-0.3, -0.25) is 4.79 Å². The zero-order valence-electron chi connectivity index (χ0n) is 10.7. The maximum atomic E-state index is 12.1. The molecule has 0 saturated carbocycles. The van der Waals surface area contributed by atoms with Gasteiger partial charge in [0.05, 0.1) is 0 Å². The van der Waals surface area contributed by atoms with Gasteiger partial charge < -0.3 is 5.32 Å². The molecule has 0 atom stereocenters. The number of nitrogens with zero attached hydrogens (tertiary/aromatic N) is 2. The Morgan fingerprint density at radius 2 is 2.05 bits per heavy atom. The van der Waals surface area contributed by atoms with Gasteiger partial charge in [-0.1, -0.05) is 11.3 Å². The molecule has 0 unspecified atom stereocenters. The molecule has 2 N–H and O–H groups in total. The molecule has 0 bridgehead atoms. The van der Waals surface area contributed by atoms with E-state index in [0.29, 0.717) is 12.3 Å². The van der Waals surface area contributed by atoms with Crippen molar-refractivity contribution in [2.24, 2.45) is 0 Å². The van der Waals surface area contributed by atoms with E-state index < -0.39 is 15.6 Å². The number of nitrogens with one attached hydrogen (secondary N) is 2. The average molecular weight is 327 g/mol. The number of anilines is 1. The first-order chi connectivity index (χ1) is 8.66. The van der Waals surface area contributed by atoms with E-state index in [-0.39, 0.29) is 15.4 Å². The molecule has 1 aromatic rings. The third-order valence-corrected chi connectivity index (χ3v) is 5.14. The van der Waals surface area contributed by atoms with Gasteiger partial charge in [0, 0.05) is 18.3 Å². The number of hydrogen-bond acceptors (Lipinski definition) is 6. The Morgan fingerprint density at radius 1 is 1.42 bits per heavy atom. The van der Waals surface area contributed by atoms with Gasteiger partial charge in [-0.2, -0.15) is 0 Å². The topological polar surface area (TPSA) is 101 Å². The maximum Gasteiger partial charge on any atom is 0.270 e. The number of alkyl halides is 1. The largest absolute Gasteiger partial charge is 0.301 e. The Morgan fingerprint density at radius 3 is 2.58 bits per heavy atom. The predicted molar refractivity (Wildman–Crippen MR) is 74.0 cm³/mol. The van der Waals surface area contributed by atoms with Crippen molar-refractivity contribution in [3.63, 3.8) is 0 Å². The SMILES string of the molecule is CC(=O)Nc1nnc(S(=O)(=O)NC(C)(C)CCCl)s1. The van der Waals surface area contributed by atoms with Crippen LogP contribution in [0.2, 0.25) is 0 Å². The zero-order chi connectivity index (χ0) is 14.7. The van der Waals surface area contributed by atoms with E-state index in [1.54, 1.807) is 13.8 Å². The minimum Gasteiger partial charge on any atom is -0.301 e. The van der Waals surface area contributed by atoms with Gasteiger partial charge in [0.15, 0.2) is 0 Å². The van der Waals surface area contributed by atoms with Gasteiger partial charge in [-0.25, -0.2) is 13.1 Å². The summed E-state index contributed by atoms with van der Waals surface area (Å²) in [5, 5.41) is 9.67. The average Bonchev–Trinajstić information content (AvgIpc) is 2.63. The van der Waals surface area contributed by atoms with Gasteiger partial charge in [-0.05, 0) is 20.3 Å². The Balaban J connectivity index is 2.89. The minimum absolute atomic E-state index is 0.142. The minimum atomic E-state index is -3.77. The highest BCUT2D eigenvalue weighted by molar-refractivity contribution is 7.91. The molecule has 108 valence electrons. The zero-order valence-corrected chi connectivity index (χ0v) is 13.1. The number of carbonyl (C=O) groups excluding carboxylic acids is 1. The Hall–Kier alpha value is -0.770. The number of aromatic nitrogens is 2. The third-order valence-electron chi connectivity index (χ3n) is 2.05. The monoisotopic (exact) mass is 326 g/mol. The fourth-order valence-electron chi connectivity index (χ4n) is 1.21. The van der Waals surface area contributed by atoms with Crippen LogP contribution in [-0.2, 0) is 14.8 Å². The lowest BCUT2D eigenvalue weighted by Gasteiger charge is -2.23. The molecule has 10 heteroatoms. The van der Waals surface area contributed by atoms with E-state index in [0.717, 1.165) is 11.3 Å². The highest BCUT2D eigenvalue weighted by atomic mass is 35.5. The standard InChI is InChI=1S/C9H15ClN4O3S2/c1-6(15)11-7-12-13-8(18-7)19(16,17)14-9(2,3)4-5-10/h14H,4-5H2,1-3H3,(H,11,12,15). The summed E-state index contributed by atoms with van der Waals surface area (Å²) < 4.78 is 26.4. The summed E-state index contributed by atoms with van der Waals surface area (Å²) in [5.41, 5.74) is -0.680. The number of rotatable bonds is 6. The quantitative estimate of drug-likeness (QED) is 0.604. The molecule has 0 aliphatic carbocycles. The van der Waals surface area contributed by atoms with Gasteiger partial charge in [0.25, 0.3) is 10.0 Å². The van der Waals surface area contributed by atoms with Crippen molar-refractivity contribution < 1.29 is 13.2 Å². The molecule has 0 aliphatic rings. The lowest BCUT2D eigenvalue weighted by molar-refractivity contribution is -0.114. The van der Waals surface area contributed by atoms with Crippen LogP contribution in [0.5, 0.6) is 0 Å². The summed E-state index contributed by atoms with van der Waals surface area (Å²) in [7, 11) is -3.77. The molecule has 0 aliphatic heterocycles. The molecule has 1 aromatic heterocycles. The molecule has 1 heterocycles. The summed E-state index contributed by atoms with van der Waals surface area (Å²) >= 11 is 6.40. The lowest BCUT2D eigenvalue weighted by Crippen LogP contribution is -2.43. The first-order valence-corrected chi connectivity index (χ1v) is 8.21. The molecule has 1 rings (SSSR count). The maximum absolute atomic E-state index is 12.1. The van der Waals surface area contributed by atoms with Gasteiger partial charge in [-0.15, -0.1) is 21.8 Å². The first-order valence-electron chi connectivity index (χ1n) is 5.37. The number of hydrogen-bond donors (Lipinski definition) is 2. The van der Waals surface area contributed by atoms with Crippen molar-refractivity contribution in [1.82, 2.24) is 14.9 Å². The van der Waals surface area contributed by atoms with Crippen LogP contribution in [0.1, 0.15) is 27.2 Å². The molecule has 0 saturated heterocycles. The normalized spacial score (nSPS) is 12.4. The van der Waals surface area contributed by atoms with Crippen LogP contribution in [0.25, 0.3) is 0 Å². The summed E-state index contributed by atoms with van der Waals surface area (Å²) in [5.74, 6) is -0.00138. The van der Waals surface area contributed by atoms with E-state index in [2.05, 4.69) is 20.2 Å². The molecular formula is C9H15ClN4O3S2. The number of amides is 1. The van der Waals surface area contributed by atoms with E-state index in [9.17, 15) is 13.2 Å². The van der Waals surface area contributed by atoms with Gasteiger partial charge in [0.2, 0.25) is 15.4 Å². The molecular weight excluding hydrogens is 312 g/mol. The molecule has 1 amide bonds. The second-order valence-electron chi connectivity index (χ2n) is 4.48. The number of carbonyl (C=O) groups is 1. The van der Waals surface area contributed by atoms with Crippen molar-refractivity contribution in [2.45, 2.75) is 37.1 Å². The smallest absolute Gasteiger partial charge is 0.270 e. The number of halogens is 1. The highest BCUT2D eigenvalue weighted by Gasteiger charge is 2.28. The summed E-state index contributed by atoms with van der Waals surface area (Å²) in [6.07, 6.45) is 0.477. The van der Waals surface area contributed by atoms with E-state index in [1.165, 1.54) is 6.92 Å². The summed E-state index contributed by atoms with van der Waals surface area (Å²) in [4.78, 5) is 10.8. The fraction of sp³-hybridized carbons (Fsp3) is 0.667. The first kappa shape index (κ1) is 16.3. The van der Waals surface area contributed by atoms with Crippen LogP contribution >= 0.6 is 22.9 Å². The van der Waals surface area contributed by atoms with Crippen LogP contribution in [0.3, 0.4) is 0 Å². The van der Waals surface area contributed by atoms with Crippen molar-refractivity contribution in [1.29, 1.82) is 0 Å². The fourth-order valence-corrected chi connectivity index (χ4v) is 4.08. The molecule has 7 nitrogen and oxygen atoms in total. The Labute approximate surface area is 120 Å². The van der Waals surface area contributed by atoms with E-state index >= 15 is 0 Å². The lowest BCUT2D eigenvalue weighted by atomic mass is 10.0. The second-order valence-corrected chi connectivity index (χ2v) is 7.69. The van der Waals surface area contributed by atoms with Crippen LogP contribution in [0.15, 0.2) is 4.34 Å². The van der Waals surface area contributed by atoms with E-state index in [4.69, 9.17) is 11.6 Å². The van der Waals surface area contributed by atoms with Crippen molar-refractivity contribution in [2.75, 3.05) is 11.2 Å². The predicted octanol–water partition coefficient (Wildman–Crippen LogP) is 1.18. The van der Waals surface area contributed by atoms with Gasteiger partial charge in [0.1, 0.15) is 0 Å². The Kier molecular flexibility index (Phi) is 5.25. The highest BCUT2D eigenvalue weighted by Crippen LogP contribution is 2.22. The van der Waals surface area contributed by atoms with Crippen LogP contribution < -0.4 is 10.0 Å². The number of sulfonamides is 1. The second kappa shape index (κ2) is 6.12. The van der Waals surface area contributed by atoms with Crippen molar-refractivity contribution in [3.8, 4) is 0 Å². The summed E-state index contributed by atoms with van der Waals surface area (Å²) in [6.45, 7) is 4.75. The van der Waals surface area contributed by atoms with Crippen molar-refractivity contribution >= 4 is 44.0 Å². The van der Waals surface area contributed by atoms with Gasteiger partial charge >= 0.3 is 0 Å². The molecule has 0 radical (unpaired) electrons. The molecule has 0 spiro atoms. The van der Waals surface area contributed by atoms with E-state index in [1.807, 2.05) is 0 Å². The van der Waals surface area contributed by atoms with Crippen LogP contribution in [0, 0.1) is 0 Å². The Bertz CT molecular complexity index is 556. The molecule has 0 aromatic carbocycles. The molecule has 0 fully saturated rings. The van der Waals surface area contributed by atoms with Crippen molar-refractivity contribution in [3.05, 3.63) is 0 Å². The van der Waals surface area contributed by atoms with Crippen LogP contribution in [0.4, 0.5) is 5.13 Å². The third kappa shape index (κ3) is 5.01. The summed E-state index contributed by atoms with van der Waals surface area (Å²) in [6, 6.07) is 0.